The van der Waals surface area contributed by atoms with Gasteiger partial charge in [-0.3, -0.25) is 9.36 Å². The van der Waals surface area contributed by atoms with Crippen LogP contribution in [0.25, 0.3) is 6.08 Å². The number of benzene rings is 3. The largest absolute Gasteiger partial charge is 0.488 e. The van der Waals surface area contributed by atoms with Crippen LogP contribution in [0.2, 0.25) is 0 Å². The molecule has 1 aromatic heterocycles. The number of ether oxygens (including phenoxy) is 2. The van der Waals surface area contributed by atoms with Gasteiger partial charge >= 0.3 is 5.97 Å². The highest BCUT2D eigenvalue weighted by Crippen LogP contribution is 2.31. The second kappa shape index (κ2) is 11.9. The number of hydrogen-bond donors (Lipinski definition) is 0. The normalized spacial score (nSPS) is 15.1. The molecule has 1 aliphatic rings. The lowest BCUT2D eigenvalue weighted by atomic mass is 9.93. The fourth-order valence-corrected chi connectivity index (χ4v) is 5.82. The number of thiazole rings is 1. The van der Waals surface area contributed by atoms with Crippen molar-refractivity contribution < 1.29 is 14.3 Å². The van der Waals surface area contributed by atoms with Crippen LogP contribution < -0.4 is 19.6 Å². The van der Waals surface area contributed by atoms with Crippen LogP contribution in [-0.4, -0.2) is 17.1 Å². The Kier molecular flexibility index (Phi) is 8.12. The fraction of sp³-hybridized carbons (Fsp3) is 0.242. The SMILES string of the molecule is CCOC(=O)C1=C(C)N=c2s/c(=C\c3ccccc3OCc3ccccc3)c(=O)n2[C@H]1c1ccc(C(C)C)cc1. The van der Waals surface area contributed by atoms with Crippen molar-refractivity contribution in [1.82, 2.24) is 4.57 Å². The Labute approximate surface area is 237 Å². The molecule has 0 unspecified atom stereocenters. The third kappa shape index (κ3) is 5.56. The number of carbonyl (C=O) groups excluding carboxylic acids is 1. The van der Waals surface area contributed by atoms with Gasteiger partial charge in [0.15, 0.2) is 4.80 Å². The van der Waals surface area contributed by atoms with Crippen LogP contribution in [0.15, 0.2) is 99.9 Å². The molecule has 0 saturated carbocycles. The maximum absolute atomic E-state index is 14.0. The molecule has 0 bridgehead atoms. The molecule has 0 N–H and O–H groups in total. The standard InChI is InChI=1S/C33H32N2O4S/c1-5-38-32(37)29-22(4)34-33-35(30(29)25-17-15-24(16-18-25)21(2)3)31(36)28(40-33)19-26-13-9-10-14-27(26)39-20-23-11-7-6-8-12-23/h6-19,21,30H,5,20H2,1-4H3/b28-19-/t30-/m0/s1. The molecule has 1 aliphatic heterocycles. The zero-order chi connectivity index (χ0) is 28.2. The number of rotatable bonds is 8. The Morgan fingerprint density at radius 3 is 2.42 bits per heavy atom. The summed E-state index contributed by atoms with van der Waals surface area (Å²) in [5.74, 6) is 0.582. The summed E-state index contributed by atoms with van der Waals surface area (Å²) < 4.78 is 13.7. The highest BCUT2D eigenvalue weighted by Gasteiger charge is 2.33. The molecule has 1 atom stereocenters. The first-order chi connectivity index (χ1) is 19.4. The summed E-state index contributed by atoms with van der Waals surface area (Å²) in [6.45, 7) is 8.49. The Bertz CT molecular complexity index is 1730. The highest BCUT2D eigenvalue weighted by atomic mass is 32.1. The lowest BCUT2D eigenvalue weighted by molar-refractivity contribution is -0.139. The molecular weight excluding hydrogens is 520 g/mol. The first kappa shape index (κ1) is 27.3. The summed E-state index contributed by atoms with van der Waals surface area (Å²) in [6.07, 6.45) is 1.84. The molecular formula is C33H32N2O4S. The molecule has 0 radical (unpaired) electrons. The van der Waals surface area contributed by atoms with Gasteiger partial charge in [-0.15, -0.1) is 0 Å². The molecule has 5 rings (SSSR count). The van der Waals surface area contributed by atoms with Crippen molar-refractivity contribution in [2.24, 2.45) is 4.99 Å². The van der Waals surface area contributed by atoms with Crippen molar-refractivity contribution in [3.8, 4) is 5.75 Å². The molecule has 40 heavy (non-hydrogen) atoms. The van der Waals surface area contributed by atoms with E-state index in [1.54, 1.807) is 18.4 Å². The van der Waals surface area contributed by atoms with Gasteiger partial charge in [0.2, 0.25) is 0 Å². The summed E-state index contributed by atoms with van der Waals surface area (Å²) in [5, 5.41) is 0. The summed E-state index contributed by atoms with van der Waals surface area (Å²) in [5.41, 5.74) is 4.59. The number of hydrogen-bond acceptors (Lipinski definition) is 6. The van der Waals surface area contributed by atoms with Crippen molar-refractivity contribution in [2.75, 3.05) is 6.61 Å². The van der Waals surface area contributed by atoms with Gasteiger partial charge in [-0.05, 0) is 48.6 Å². The van der Waals surface area contributed by atoms with Crippen LogP contribution in [-0.2, 0) is 16.1 Å². The minimum atomic E-state index is -0.636. The highest BCUT2D eigenvalue weighted by molar-refractivity contribution is 7.07. The van der Waals surface area contributed by atoms with E-state index in [-0.39, 0.29) is 12.2 Å². The molecule has 0 aliphatic carbocycles. The molecule has 4 aromatic rings. The van der Waals surface area contributed by atoms with E-state index in [0.717, 1.165) is 16.7 Å². The molecule has 0 spiro atoms. The van der Waals surface area contributed by atoms with Gasteiger partial charge in [0, 0.05) is 5.56 Å². The van der Waals surface area contributed by atoms with E-state index in [1.807, 2.05) is 84.9 Å². The number of aromatic nitrogens is 1. The van der Waals surface area contributed by atoms with E-state index < -0.39 is 12.0 Å². The number of para-hydroxylation sites is 1. The molecule has 0 amide bonds. The molecule has 0 fully saturated rings. The molecule has 7 heteroatoms. The first-order valence-corrected chi connectivity index (χ1v) is 14.2. The van der Waals surface area contributed by atoms with Gasteiger partial charge in [-0.2, -0.15) is 0 Å². The Morgan fingerprint density at radius 1 is 1.02 bits per heavy atom. The molecule has 2 heterocycles. The van der Waals surface area contributed by atoms with Gasteiger partial charge in [-0.25, -0.2) is 9.79 Å². The fourth-order valence-electron chi connectivity index (χ4n) is 4.78. The van der Waals surface area contributed by atoms with E-state index in [1.165, 1.54) is 16.9 Å². The van der Waals surface area contributed by atoms with E-state index in [4.69, 9.17) is 9.47 Å². The van der Waals surface area contributed by atoms with Crippen molar-refractivity contribution in [2.45, 2.75) is 46.3 Å². The first-order valence-electron chi connectivity index (χ1n) is 13.4. The van der Waals surface area contributed by atoms with Crippen molar-refractivity contribution in [1.29, 1.82) is 0 Å². The lowest BCUT2D eigenvalue weighted by Gasteiger charge is -2.25. The Balaban J connectivity index is 1.60. The van der Waals surface area contributed by atoms with Crippen molar-refractivity contribution >= 4 is 23.4 Å². The summed E-state index contributed by atoms with van der Waals surface area (Å²) in [6, 6.07) is 25.0. The second-order valence-electron chi connectivity index (χ2n) is 9.94. The third-order valence-corrected chi connectivity index (χ3v) is 7.86. The topological polar surface area (TPSA) is 69.9 Å². The van der Waals surface area contributed by atoms with Gasteiger partial charge in [-0.1, -0.05) is 98.0 Å². The maximum Gasteiger partial charge on any atom is 0.338 e. The number of nitrogens with zero attached hydrogens (tertiary/aromatic N) is 2. The van der Waals surface area contributed by atoms with Crippen LogP contribution in [0.4, 0.5) is 0 Å². The van der Waals surface area contributed by atoms with Gasteiger partial charge < -0.3 is 9.47 Å². The number of allylic oxidation sites excluding steroid dienone is 1. The van der Waals surface area contributed by atoms with Crippen LogP contribution >= 0.6 is 11.3 Å². The predicted molar refractivity (Wildman–Crippen MR) is 158 cm³/mol. The number of fused-ring (bicyclic) bond motifs is 1. The quantitative estimate of drug-likeness (QED) is 0.271. The molecule has 204 valence electrons. The predicted octanol–water partition coefficient (Wildman–Crippen LogP) is 5.50. The van der Waals surface area contributed by atoms with Crippen LogP contribution in [0.3, 0.4) is 0 Å². The van der Waals surface area contributed by atoms with Crippen LogP contribution in [0.5, 0.6) is 5.75 Å². The monoisotopic (exact) mass is 552 g/mol. The third-order valence-electron chi connectivity index (χ3n) is 6.88. The average molecular weight is 553 g/mol. The second-order valence-corrected chi connectivity index (χ2v) is 10.9. The van der Waals surface area contributed by atoms with E-state index in [2.05, 4.69) is 18.8 Å². The molecule has 3 aromatic carbocycles. The zero-order valence-corrected chi connectivity index (χ0v) is 23.9. The smallest absolute Gasteiger partial charge is 0.338 e. The number of carbonyl (C=O) groups is 1. The van der Waals surface area contributed by atoms with Crippen molar-refractivity contribution in [3.05, 3.63) is 132 Å². The lowest BCUT2D eigenvalue weighted by Crippen LogP contribution is -2.39. The van der Waals surface area contributed by atoms with Crippen molar-refractivity contribution in [3.63, 3.8) is 0 Å². The van der Waals surface area contributed by atoms with E-state index in [9.17, 15) is 9.59 Å². The Hall–Kier alpha value is -4.23. The van der Waals surface area contributed by atoms with E-state index in [0.29, 0.717) is 38.9 Å². The molecule has 6 nitrogen and oxygen atoms in total. The zero-order valence-electron chi connectivity index (χ0n) is 23.1. The average Bonchev–Trinajstić information content (AvgIpc) is 3.26. The van der Waals surface area contributed by atoms with Crippen LogP contribution in [0, 0.1) is 0 Å². The Morgan fingerprint density at radius 2 is 1.73 bits per heavy atom. The minimum absolute atomic E-state index is 0.214. The summed E-state index contributed by atoms with van der Waals surface area (Å²) in [7, 11) is 0. The van der Waals surface area contributed by atoms with E-state index >= 15 is 0 Å². The maximum atomic E-state index is 14.0. The number of esters is 1. The van der Waals surface area contributed by atoms with Crippen LogP contribution in [0.1, 0.15) is 61.9 Å². The van der Waals surface area contributed by atoms with Gasteiger partial charge in [0.05, 0.1) is 28.5 Å². The molecule has 0 saturated heterocycles. The van der Waals surface area contributed by atoms with Gasteiger partial charge in [0.1, 0.15) is 12.4 Å². The summed E-state index contributed by atoms with van der Waals surface area (Å²) >= 11 is 1.30. The summed E-state index contributed by atoms with van der Waals surface area (Å²) in [4.78, 5) is 32.3. The minimum Gasteiger partial charge on any atom is -0.488 e. The van der Waals surface area contributed by atoms with Gasteiger partial charge in [0.25, 0.3) is 5.56 Å².